The normalized spacial score (nSPS) is 19.2. The molecular formula is C20H20FN3O2. The van der Waals surface area contributed by atoms with E-state index in [0.29, 0.717) is 16.9 Å². The Hall–Kier alpha value is -3.07. The van der Waals surface area contributed by atoms with Gasteiger partial charge < -0.3 is 15.4 Å². The molecule has 0 spiro atoms. The zero-order valence-corrected chi connectivity index (χ0v) is 14.5. The van der Waals surface area contributed by atoms with Gasteiger partial charge in [-0.05, 0) is 43.5 Å². The minimum absolute atomic E-state index is 0.0363. The largest absolute Gasteiger partial charge is 0.487 e. The summed E-state index contributed by atoms with van der Waals surface area (Å²) < 4.78 is 19.3. The molecule has 1 aliphatic heterocycles. The first-order valence-electron chi connectivity index (χ1n) is 8.49. The van der Waals surface area contributed by atoms with Crippen LogP contribution in [0.4, 0.5) is 9.18 Å². The number of halogens is 1. The highest BCUT2D eigenvalue weighted by atomic mass is 19.1. The van der Waals surface area contributed by atoms with Gasteiger partial charge in [0.25, 0.3) is 0 Å². The lowest BCUT2D eigenvalue weighted by Crippen LogP contribution is -2.39. The number of nitriles is 1. The summed E-state index contributed by atoms with van der Waals surface area (Å²) in [6, 6.07) is 13.2. The number of carbonyl (C=O) groups excluding carboxylic acids is 1. The van der Waals surface area contributed by atoms with Gasteiger partial charge in [0.1, 0.15) is 24.2 Å². The first kappa shape index (κ1) is 17.7. The van der Waals surface area contributed by atoms with Crippen LogP contribution in [-0.2, 0) is 6.61 Å². The molecule has 2 N–H and O–H groups in total. The molecule has 134 valence electrons. The van der Waals surface area contributed by atoms with Crippen LogP contribution in [0.2, 0.25) is 0 Å². The fourth-order valence-corrected chi connectivity index (χ4v) is 3.42. The summed E-state index contributed by atoms with van der Waals surface area (Å²) in [5, 5.41) is 9.46. The number of ether oxygens (including phenoxy) is 1. The molecule has 0 radical (unpaired) electrons. The monoisotopic (exact) mass is 353 g/mol. The maximum Gasteiger partial charge on any atom is 0.315 e. The van der Waals surface area contributed by atoms with E-state index in [1.165, 1.54) is 6.07 Å². The van der Waals surface area contributed by atoms with E-state index in [1.54, 1.807) is 35.2 Å². The number of likely N-dealkylation sites (tertiary alicyclic amines) is 1. The van der Waals surface area contributed by atoms with Crippen LogP contribution < -0.4 is 10.5 Å². The molecule has 0 saturated carbocycles. The third kappa shape index (κ3) is 3.47. The summed E-state index contributed by atoms with van der Waals surface area (Å²) in [6.45, 7) is 2.00. The predicted molar refractivity (Wildman–Crippen MR) is 94.7 cm³/mol. The van der Waals surface area contributed by atoms with E-state index in [-0.39, 0.29) is 24.5 Å². The van der Waals surface area contributed by atoms with Gasteiger partial charge in [-0.3, -0.25) is 0 Å². The molecule has 3 rings (SSSR count). The quantitative estimate of drug-likeness (QED) is 0.906. The van der Waals surface area contributed by atoms with Crippen LogP contribution in [0.5, 0.6) is 5.75 Å². The molecule has 2 amide bonds. The maximum atomic E-state index is 13.7. The van der Waals surface area contributed by atoms with Crippen molar-refractivity contribution >= 4 is 6.03 Å². The van der Waals surface area contributed by atoms with Gasteiger partial charge in [-0.2, -0.15) is 5.26 Å². The van der Waals surface area contributed by atoms with Crippen LogP contribution in [0, 0.1) is 17.1 Å². The number of amides is 2. The second-order valence-corrected chi connectivity index (χ2v) is 6.44. The van der Waals surface area contributed by atoms with E-state index in [2.05, 4.69) is 6.07 Å². The number of nitrogens with two attached hydrogens (primary N) is 1. The lowest BCUT2D eigenvalue weighted by molar-refractivity contribution is 0.186. The average molecular weight is 353 g/mol. The Kier molecular flexibility index (Phi) is 5.08. The van der Waals surface area contributed by atoms with Gasteiger partial charge in [-0.25, -0.2) is 9.18 Å². The van der Waals surface area contributed by atoms with E-state index >= 15 is 0 Å². The van der Waals surface area contributed by atoms with E-state index in [0.717, 1.165) is 18.4 Å². The first-order chi connectivity index (χ1) is 12.5. The van der Waals surface area contributed by atoms with Gasteiger partial charge in [0.05, 0.1) is 11.6 Å². The highest BCUT2D eigenvalue weighted by Gasteiger charge is 2.34. The second-order valence-electron chi connectivity index (χ2n) is 6.44. The molecule has 2 aromatic carbocycles. The summed E-state index contributed by atoms with van der Waals surface area (Å²) >= 11 is 0. The summed E-state index contributed by atoms with van der Waals surface area (Å²) in [5.41, 5.74) is 7.13. The molecule has 2 aromatic rings. The first-order valence-corrected chi connectivity index (χ1v) is 8.49. The number of nitrogens with zero attached hydrogens (tertiary/aromatic N) is 2. The van der Waals surface area contributed by atoms with E-state index in [1.807, 2.05) is 13.0 Å². The van der Waals surface area contributed by atoms with Gasteiger partial charge >= 0.3 is 6.03 Å². The van der Waals surface area contributed by atoms with Crippen molar-refractivity contribution in [2.24, 2.45) is 5.73 Å². The maximum absolute atomic E-state index is 13.7. The number of carbonyl (C=O) groups is 1. The van der Waals surface area contributed by atoms with E-state index in [4.69, 9.17) is 10.5 Å². The molecule has 1 saturated heterocycles. The zero-order chi connectivity index (χ0) is 18.7. The highest BCUT2D eigenvalue weighted by molar-refractivity contribution is 5.73. The Morgan fingerprint density at radius 2 is 2.12 bits per heavy atom. The van der Waals surface area contributed by atoms with Crippen molar-refractivity contribution in [3.8, 4) is 11.8 Å². The van der Waals surface area contributed by atoms with Crippen LogP contribution >= 0.6 is 0 Å². The number of primary amides is 1. The lowest BCUT2D eigenvalue weighted by Gasteiger charge is -2.27. The van der Waals surface area contributed by atoms with Gasteiger partial charge in [0.2, 0.25) is 0 Å². The SMILES string of the molecule is CC1CC[C@H](c2ccc(OCc3ccccc3F)c(C#N)c2)N1C(N)=O. The number of urea groups is 1. The smallest absolute Gasteiger partial charge is 0.315 e. The van der Waals surface area contributed by atoms with Gasteiger partial charge in [-0.1, -0.05) is 24.3 Å². The third-order valence-electron chi connectivity index (χ3n) is 4.77. The number of rotatable bonds is 4. The Bertz CT molecular complexity index is 862. The number of hydrogen-bond acceptors (Lipinski definition) is 3. The Labute approximate surface area is 151 Å². The molecule has 1 heterocycles. The standard InChI is InChI=1S/C20H20FN3O2/c1-13-6-8-18(24(13)20(23)25)14-7-9-19(16(10-14)11-22)26-12-15-4-2-3-5-17(15)21/h2-5,7,9-10,13,18H,6,8,12H2,1H3,(H2,23,25)/t13?,18-/m1/s1. The Morgan fingerprint density at radius 3 is 2.81 bits per heavy atom. The van der Waals surface area contributed by atoms with Gasteiger partial charge in [0, 0.05) is 11.6 Å². The van der Waals surface area contributed by atoms with E-state index < -0.39 is 6.03 Å². The second kappa shape index (κ2) is 7.44. The van der Waals surface area contributed by atoms with Crippen LogP contribution in [0.25, 0.3) is 0 Å². The minimum atomic E-state index is -0.460. The van der Waals surface area contributed by atoms with Crippen LogP contribution in [0.15, 0.2) is 42.5 Å². The fourth-order valence-electron chi connectivity index (χ4n) is 3.42. The molecule has 0 aliphatic carbocycles. The molecule has 26 heavy (non-hydrogen) atoms. The van der Waals surface area contributed by atoms with Crippen molar-refractivity contribution in [3.05, 3.63) is 65.0 Å². The summed E-state index contributed by atoms with van der Waals surface area (Å²) in [4.78, 5) is 13.4. The van der Waals surface area contributed by atoms with Crippen molar-refractivity contribution in [1.29, 1.82) is 5.26 Å². The average Bonchev–Trinajstić information content (AvgIpc) is 3.02. The van der Waals surface area contributed by atoms with Crippen molar-refractivity contribution < 1.29 is 13.9 Å². The molecule has 0 aromatic heterocycles. The third-order valence-corrected chi connectivity index (χ3v) is 4.77. The summed E-state index contributed by atoms with van der Waals surface area (Å²) in [6.07, 6.45) is 1.66. The molecule has 2 atom stereocenters. The fraction of sp³-hybridized carbons (Fsp3) is 0.300. The van der Waals surface area contributed by atoms with Crippen molar-refractivity contribution in [2.45, 2.75) is 38.5 Å². The molecular weight excluding hydrogens is 333 g/mol. The van der Waals surface area contributed by atoms with Crippen molar-refractivity contribution in [2.75, 3.05) is 0 Å². The van der Waals surface area contributed by atoms with Crippen molar-refractivity contribution in [3.63, 3.8) is 0 Å². The zero-order valence-electron chi connectivity index (χ0n) is 14.5. The molecule has 1 aliphatic rings. The Morgan fingerprint density at radius 1 is 1.35 bits per heavy atom. The molecule has 0 bridgehead atoms. The number of hydrogen-bond donors (Lipinski definition) is 1. The summed E-state index contributed by atoms with van der Waals surface area (Å²) in [7, 11) is 0. The van der Waals surface area contributed by atoms with Crippen LogP contribution in [-0.4, -0.2) is 17.0 Å². The number of benzene rings is 2. The lowest BCUT2D eigenvalue weighted by atomic mass is 10.0. The highest BCUT2D eigenvalue weighted by Crippen LogP contribution is 2.37. The molecule has 1 fully saturated rings. The van der Waals surface area contributed by atoms with Gasteiger partial charge in [-0.15, -0.1) is 0 Å². The van der Waals surface area contributed by atoms with Gasteiger partial charge in [0.15, 0.2) is 0 Å². The Balaban J connectivity index is 1.81. The minimum Gasteiger partial charge on any atom is -0.487 e. The summed E-state index contributed by atoms with van der Waals surface area (Å²) in [5.74, 6) is 0.0378. The molecule has 6 heteroatoms. The topological polar surface area (TPSA) is 79.3 Å². The van der Waals surface area contributed by atoms with Crippen LogP contribution in [0.1, 0.15) is 42.5 Å². The molecule has 5 nitrogen and oxygen atoms in total. The predicted octanol–water partition coefficient (Wildman–Crippen LogP) is 3.88. The van der Waals surface area contributed by atoms with Crippen LogP contribution in [0.3, 0.4) is 0 Å². The van der Waals surface area contributed by atoms with Crippen molar-refractivity contribution in [1.82, 2.24) is 4.90 Å². The molecule has 1 unspecified atom stereocenters. The van der Waals surface area contributed by atoms with E-state index in [9.17, 15) is 14.4 Å².